The predicted octanol–water partition coefficient (Wildman–Crippen LogP) is 3.97. The Hall–Kier alpha value is -3.64. The number of aromatic nitrogens is 2. The van der Waals surface area contributed by atoms with Gasteiger partial charge in [0.1, 0.15) is 0 Å². The fourth-order valence-corrected chi connectivity index (χ4v) is 5.11. The minimum absolute atomic E-state index is 0.0668. The van der Waals surface area contributed by atoms with E-state index in [-0.39, 0.29) is 10.8 Å². The van der Waals surface area contributed by atoms with Crippen LogP contribution in [-0.2, 0) is 21.2 Å². The first kappa shape index (κ1) is 26.4. The summed E-state index contributed by atoms with van der Waals surface area (Å²) < 4.78 is 27.5. The van der Waals surface area contributed by atoms with Crippen molar-refractivity contribution in [2.45, 2.75) is 11.3 Å². The summed E-state index contributed by atoms with van der Waals surface area (Å²) in [5.74, 6) is 0.313. The van der Waals surface area contributed by atoms with Gasteiger partial charge in [0.15, 0.2) is 0 Å². The summed E-state index contributed by atoms with van der Waals surface area (Å²) in [5.41, 5.74) is 3.94. The number of carbonyl (C=O) groups is 1. The molecular formula is C26H28N6O3S2. The summed E-state index contributed by atoms with van der Waals surface area (Å²) >= 11 is 1.57. The Morgan fingerprint density at radius 3 is 2.38 bits per heavy atom. The van der Waals surface area contributed by atoms with E-state index in [9.17, 15) is 13.2 Å². The highest BCUT2D eigenvalue weighted by atomic mass is 32.2. The van der Waals surface area contributed by atoms with E-state index in [0.29, 0.717) is 42.5 Å². The van der Waals surface area contributed by atoms with Gasteiger partial charge >= 0.3 is 0 Å². The average molecular weight is 537 g/mol. The van der Waals surface area contributed by atoms with Gasteiger partial charge in [0.05, 0.1) is 17.0 Å². The number of hydrogen-bond donors (Lipinski definition) is 3. The maximum Gasteiger partial charge on any atom is 0.240 e. The number of thiophene rings is 1. The second-order valence-electron chi connectivity index (χ2n) is 8.55. The molecule has 2 aromatic carbocycles. The van der Waals surface area contributed by atoms with E-state index >= 15 is 0 Å². The summed E-state index contributed by atoms with van der Waals surface area (Å²) in [7, 11) is 0.193. The molecule has 1 amide bonds. The second kappa shape index (κ2) is 12.1. The Bertz CT molecular complexity index is 1420. The molecule has 11 heteroatoms. The lowest BCUT2D eigenvalue weighted by atomic mass is 10.1. The summed E-state index contributed by atoms with van der Waals surface area (Å²) in [6.45, 7) is 0.942. The third-order valence-corrected chi connectivity index (χ3v) is 7.55. The number of amides is 1. The third-order valence-electron chi connectivity index (χ3n) is 5.34. The van der Waals surface area contributed by atoms with Crippen molar-refractivity contribution >= 4 is 44.6 Å². The summed E-state index contributed by atoms with van der Waals surface area (Å²) in [5, 5.41) is 9.93. The van der Waals surface area contributed by atoms with Crippen molar-refractivity contribution in [1.82, 2.24) is 19.6 Å². The lowest BCUT2D eigenvalue weighted by Crippen LogP contribution is -2.31. The van der Waals surface area contributed by atoms with Gasteiger partial charge in [0.2, 0.25) is 21.9 Å². The first-order chi connectivity index (χ1) is 17.8. The van der Waals surface area contributed by atoms with E-state index in [1.807, 2.05) is 60.1 Å². The summed E-state index contributed by atoms with van der Waals surface area (Å²) in [6, 6.07) is 17.6. The van der Waals surface area contributed by atoms with Crippen molar-refractivity contribution in [3.05, 3.63) is 83.2 Å². The van der Waals surface area contributed by atoms with E-state index in [1.54, 1.807) is 35.7 Å². The lowest BCUT2D eigenvalue weighted by Gasteiger charge is -2.11. The van der Waals surface area contributed by atoms with Gasteiger partial charge in [-0.1, -0.05) is 12.1 Å². The van der Waals surface area contributed by atoms with Gasteiger partial charge in [-0.15, -0.1) is 0 Å². The molecule has 0 saturated heterocycles. The maximum atomic E-state index is 12.4. The Morgan fingerprint density at radius 2 is 1.70 bits per heavy atom. The Balaban J connectivity index is 1.37. The van der Waals surface area contributed by atoms with Gasteiger partial charge in [-0.3, -0.25) is 4.79 Å². The highest BCUT2D eigenvalue weighted by Crippen LogP contribution is 2.22. The molecule has 0 bridgehead atoms. The van der Waals surface area contributed by atoms with Crippen LogP contribution in [0.15, 0.2) is 82.5 Å². The van der Waals surface area contributed by atoms with Crippen LogP contribution in [0.4, 0.5) is 17.3 Å². The number of sulfonamides is 1. The molecule has 0 fully saturated rings. The second-order valence-corrected chi connectivity index (χ2v) is 11.1. The van der Waals surface area contributed by atoms with Crippen molar-refractivity contribution in [2.75, 3.05) is 37.8 Å². The summed E-state index contributed by atoms with van der Waals surface area (Å²) in [6.07, 6.45) is 1.99. The van der Waals surface area contributed by atoms with Gasteiger partial charge in [-0.2, -0.15) is 11.3 Å². The number of carbonyl (C=O) groups excluding carboxylic acids is 1. The predicted molar refractivity (Wildman–Crippen MR) is 148 cm³/mol. The number of rotatable bonds is 11. The minimum atomic E-state index is -3.57. The molecule has 3 N–H and O–H groups in total. The number of hydrogen-bond acceptors (Lipinski definition) is 8. The molecule has 2 heterocycles. The van der Waals surface area contributed by atoms with Crippen LogP contribution in [0, 0.1) is 0 Å². The highest BCUT2D eigenvalue weighted by Gasteiger charge is 2.13. The van der Waals surface area contributed by atoms with Gasteiger partial charge < -0.3 is 15.5 Å². The molecule has 0 atom stereocenters. The fraction of sp³-hybridized carbons (Fsp3) is 0.192. The Morgan fingerprint density at radius 1 is 0.973 bits per heavy atom. The van der Waals surface area contributed by atoms with Crippen LogP contribution in [0.2, 0.25) is 0 Å². The molecule has 37 heavy (non-hydrogen) atoms. The Labute approximate surface area is 220 Å². The van der Waals surface area contributed by atoms with E-state index in [0.717, 1.165) is 11.1 Å². The number of anilines is 3. The normalized spacial score (nSPS) is 11.4. The van der Waals surface area contributed by atoms with Crippen LogP contribution in [0.25, 0.3) is 11.3 Å². The number of nitrogens with zero attached hydrogens (tertiary/aromatic N) is 3. The van der Waals surface area contributed by atoms with Gasteiger partial charge in [0, 0.05) is 36.2 Å². The smallest absolute Gasteiger partial charge is 0.240 e. The van der Waals surface area contributed by atoms with Crippen molar-refractivity contribution in [2.24, 2.45) is 0 Å². The third kappa shape index (κ3) is 7.67. The molecule has 192 valence electrons. The van der Waals surface area contributed by atoms with Crippen LogP contribution >= 0.6 is 11.3 Å². The van der Waals surface area contributed by atoms with Crippen molar-refractivity contribution in [3.63, 3.8) is 0 Å². The fourth-order valence-electron chi connectivity index (χ4n) is 3.42. The molecule has 0 saturated carbocycles. The molecule has 0 aliphatic carbocycles. The largest absolute Gasteiger partial charge is 0.326 e. The molecule has 9 nitrogen and oxygen atoms in total. The Kier molecular flexibility index (Phi) is 8.62. The van der Waals surface area contributed by atoms with Crippen molar-refractivity contribution in [3.8, 4) is 11.3 Å². The summed E-state index contributed by atoms with van der Waals surface area (Å²) in [4.78, 5) is 23.2. The van der Waals surface area contributed by atoms with Crippen LogP contribution in [-0.4, -0.2) is 56.4 Å². The van der Waals surface area contributed by atoms with Crippen LogP contribution in [0.5, 0.6) is 0 Å². The van der Waals surface area contributed by atoms with Crippen LogP contribution in [0.3, 0.4) is 0 Å². The monoisotopic (exact) mass is 536 g/mol. The van der Waals surface area contributed by atoms with E-state index in [4.69, 9.17) is 0 Å². The molecule has 0 radical (unpaired) electrons. The molecular weight excluding hydrogens is 508 g/mol. The minimum Gasteiger partial charge on any atom is -0.326 e. The van der Waals surface area contributed by atoms with Crippen molar-refractivity contribution in [1.29, 1.82) is 0 Å². The molecule has 0 aliphatic rings. The first-order valence-electron chi connectivity index (χ1n) is 11.5. The molecule has 0 spiro atoms. The topological polar surface area (TPSA) is 116 Å². The molecule has 4 aromatic rings. The standard InChI is InChI=1S/C26H28N6O3S2/c1-32(2)15-14-28-37(34,35)23-9-7-22(8-10-23)30-26-27-13-11-24(31-26)20-3-5-21(6-4-20)29-25(33)17-19-12-16-36-18-19/h3-13,16,18,28H,14-15,17H2,1-2H3,(H,29,33)(H,27,30,31). The van der Waals surface area contributed by atoms with E-state index < -0.39 is 10.0 Å². The zero-order valence-electron chi connectivity index (χ0n) is 20.5. The maximum absolute atomic E-state index is 12.4. The van der Waals surface area contributed by atoms with Gasteiger partial charge in [0.25, 0.3) is 0 Å². The quantitative estimate of drug-likeness (QED) is 0.266. The van der Waals surface area contributed by atoms with Crippen LogP contribution in [0.1, 0.15) is 5.56 Å². The van der Waals surface area contributed by atoms with Crippen LogP contribution < -0.4 is 15.4 Å². The SMILES string of the molecule is CN(C)CCNS(=O)(=O)c1ccc(Nc2nccc(-c3ccc(NC(=O)Cc4ccsc4)cc3)n2)cc1. The lowest BCUT2D eigenvalue weighted by molar-refractivity contribution is -0.115. The molecule has 2 aromatic heterocycles. The molecule has 4 rings (SSSR count). The average Bonchev–Trinajstić information content (AvgIpc) is 3.37. The number of likely N-dealkylation sites (N-methyl/N-ethyl adjacent to an activating group) is 1. The van der Waals surface area contributed by atoms with Gasteiger partial charge in [-0.05, 0) is 78.9 Å². The molecule has 0 aliphatic heterocycles. The van der Waals surface area contributed by atoms with E-state index in [1.165, 1.54) is 12.1 Å². The first-order valence-corrected chi connectivity index (χ1v) is 14.0. The zero-order valence-corrected chi connectivity index (χ0v) is 22.1. The van der Waals surface area contributed by atoms with Gasteiger partial charge in [-0.25, -0.2) is 23.1 Å². The molecule has 0 unspecified atom stereocenters. The zero-order chi connectivity index (χ0) is 26.3. The highest BCUT2D eigenvalue weighted by molar-refractivity contribution is 7.89. The van der Waals surface area contributed by atoms with E-state index in [2.05, 4.69) is 25.3 Å². The number of nitrogens with one attached hydrogen (secondary N) is 3. The number of benzene rings is 2. The van der Waals surface area contributed by atoms with Crippen molar-refractivity contribution < 1.29 is 13.2 Å².